The van der Waals surface area contributed by atoms with E-state index in [0.717, 1.165) is 11.2 Å². The molecule has 0 atom stereocenters. The van der Waals surface area contributed by atoms with Gasteiger partial charge in [-0.15, -0.1) is 0 Å². The Hall–Kier alpha value is -6.45. The van der Waals surface area contributed by atoms with E-state index in [1.165, 1.54) is 87.7 Å². The summed E-state index contributed by atoms with van der Waals surface area (Å²) < 4.78 is 4.78. The summed E-state index contributed by atoms with van der Waals surface area (Å²) in [5, 5.41) is 8.63. The van der Waals surface area contributed by atoms with Crippen LogP contribution < -0.4 is 0 Å². The summed E-state index contributed by atoms with van der Waals surface area (Å²) in [6, 6.07) is 59.3. The van der Waals surface area contributed by atoms with Gasteiger partial charge in [-0.25, -0.2) is 4.98 Å². The largest absolute Gasteiger partial charge is 0.309 e. The molecule has 4 heterocycles. The molecule has 0 saturated carbocycles. The molecule has 3 heteroatoms. The molecule has 11 aromatic rings. The molecule has 0 saturated heterocycles. The predicted molar refractivity (Wildman–Crippen MR) is 202 cm³/mol. The first kappa shape index (κ1) is 25.7. The van der Waals surface area contributed by atoms with Crippen LogP contribution >= 0.6 is 0 Å². The van der Waals surface area contributed by atoms with Crippen molar-refractivity contribution in [2.24, 2.45) is 0 Å². The van der Waals surface area contributed by atoms with Crippen LogP contribution in [-0.2, 0) is 0 Å². The molecule has 48 heavy (non-hydrogen) atoms. The number of aromatic nitrogens is 3. The molecule has 0 aliphatic heterocycles. The van der Waals surface area contributed by atoms with Gasteiger partial charge in [0.25, 0.3) is 0 Å². The zero-order valence-corrected chi connectivity index (χ0v) is 25.9. The number of benzene rings is 7. The molecular formula is C45H27N3. The molecule has 0 spiro atoms. The van der Waals surface area contributed by atoms with E-state index in [2.05, 4.69) is 173 Å². The van der Waals surface area contributed by atoms with E-state index in [0.29, 0.717) is 0 Å². The van der Waals surface area contributed by atoms with Crippen molar-refractivity contribution in [3.05, 3.63) is 164 Å². The Bertz CT molecular complexity index is 3040. The zero-order chi connectivity index (χ0) is 31.3. The van der Waals surface area contributed by atoms with E-state index in [1.807, 2.05) is 0 Å². The van der Waals surface area contributed by atoms with E-state index in [1.54, 1.807) is 0 Å². The molecule has 0 fully saturated rings. The Morgan fingerprint density at radius 2 is 1.00 bits per heavy atom. The molecular weight excluding hydrogens is 583 g/mol. The van der Waals surface area contributed by atoms with Gasteiger partial charge in [-0.3, -0.25) is 4.40 Å². The predicted octanol–water partition coefficient (Wildman–Crippen LogP) is 11.8. The smallest absolute Gasteiger partial charge is 0.146 e. The van der Waals surface area contributed by atoms with Crippen molar-refractivity contribution < 1.29 is 0 Å². The Kier molecular flexibility index (Phi) is 5.11. The normalized spacial score (nSPS) is 12.2. The fourth-order valence-corrected chi connectivity index (χ4v) is 8.20. The summed E-state index contributed by atoms with van der Waals surface area (Å²) >= 11 is 0. The lowest BCUT2D eigenvalue weighted by Crippen LogP contribution is -1.92. The lowest BCUT2D eigenvalue weighted by Gasteiger charge is -2.11. The topological polar surface area (TPSA) is 22.2 Å². The molecule has 222 valence electrons. The number of pyridine rings is 1. The maximum atomic E-state index is 5.37. The highest BCUT2D eigenvalue weighted by molar-refractivity contribution is 6.29. The Morgan fingerprint density at radius 1 is 0.396 bits per heavy atom. The summed E-state index contributed by atoms with van der Waals surface area (Å²) in [6.45, 7) is 0. The van der Waals surface area contributed by atoms with Gasteiger partial charge in [-0.05, 0) is 71.3 Å². The average Bonchev–Trinajstić information content (AvgIpc) is 3.79. The molecule has 11 rings (SSSR count). The first-order valence-electron chi connectivity index (χ1n) is 16.5. The summed E-state index contributed by atoms with van der Waals surface area (Å²) in [5.74, 6) is 0. The fourth-order valence-electron chi connectivity index (χ4n) is 8.20. The van der Waals surface area contributed by atoms with Crippen LogP contribution in [-0.4, -0.2) is 14.0 Å². The van der Waals surface area contributed by atoms with Crippen LogP contribution in [0.15, 0.2) is 164 Å². The zero-order valence-electron chi connectivity index (χ0n) is 25.9. The third kappa shape index (κ3) is 3.40. The SMILES string of the molecule is c1ccc(-c2c3ccccc3nc3c2c2cc(-c4ccc5c(c4)c4ccccc4n5-c4ccccc4)cc4c5ccccc5n3c42)cc1. The standard InChI is InChI=1S/C45H27N3/c1-3-13-28(14-4-1)42-34-19-7-10-20-38(34)46-45-43(42)37-27-30(26-36-33-18-9-12-22-40(33)48(45)44(36)37)29-23-24-41-35(25-29)32-17-8-11-21-39(32)47(41)31-15-5-2-6-16-31/h1-27H. The Morgan fingerprint density at radius 3 is 1.81 bits per heavy atom. The molecule has 0 unspecified atom stereocenters. The van der Waals surface area contributed by atoms with Crippen LogP contribution in [0.25, 0.3) is 98.9 Å². The van der Waals surface area contributed by atoms with Gasteiger partial charge in [0, 0.05) is 49.0 Å². The molecule has 0 aliphatic carbocycles. The van der Waals surface area contributed by atoms with Gasteiger partial charge in [0.15, 0.2) is 0 Å². The second-order valence-electron chi connectivity index (χ2n) is 12.8. The van der Waals surface area contributed by atoms with Gasteiger partial charge in [0.05, 0.1) is 27.6 Å². The number of nitrogens with zero attached hydrogens (tertiary/aromatic N) is 3. The van der Waals surface area contributed by atoms with E-state index in [-0.39, 0.29) is 0 Å². The van der Waals surface area contributed by atoms with Gasteiger partial charge in [0.2, 0.25) is 0 Å². The maximum Gasteiger partial charge on any atom is 0.146 e. The minimum absolute atomic E-state index is 1.01. The molecule has 3 nitrogen and oxygen atoms in total. The number of fused-ring (bicyclic) bond motifs is 10. The van der Waals surface area contributed by atoms with Crippen molar-refractivity contribution in [1.82, 2.24) is 14.0 Å². The average molecular weight is 610 g/mol. The first-order valence-corrected chi connectivity index (χ1v) is 16.5. The lowest BCUT2D eigenvalue weighted by atomic mass is 9.94. The highest BCUT2D eigenvalue weighted by Gasteiger charge is 2.24. The van der Waals surface area contributed by atoms with Crippen molar-refractivity contribution in [2.75, 3.05) is 0 Å². The summed E-state index contributed by atoms with van der Waals surface area (Å²) in [6.07, 6.45) is 0. The molecule has 0 radical (unpaired) electrons. The monoisotopic (exact) mass is 609 g/mol. The van der Waals surface area contributed by atoms with Gasteiger partial charge < -0.3 is 4.57 Å². The molecule has 0 bridgehead atoms. The van der Waals surface area contributed by atoms with Crippen LogP contribution in [0.1, 0.15) is 0 Å². The van der Waals surface area contributed by atoms with Crippen LogP contribution in [0.4, 0.5) is 0 Å². The van der Waals surface area contributed by atoms with Crippen molar-refractivity contribution in [3.63, 3.8) is 0 Å². The third-order valence-electron chi connectivity index (χ3n) is 10.2. The van der Waals surface area contributed by atoms with E-state index >= 15 is 0 Å². The molecule has 4 aromatic heterocycles. The van der Waals surface area contributed by atoms with Gasteiger partial charge in [-0.2, -0.15) is 0 Å². The van der Waals surface area contributed by atoms with Crippen molar-refractivity contribution in [3.8, 4) is 27.9 Å². The lowest BCUT2D eigenvalue weighted by molar-refractivity contribution is 1.18. The molecule has 7 aromatic carbocycles. The number of hydrogen-bond donors (Lipinski definition) is 0. The second-order valence-corrected chi connectivity index (χ2v) is 12.8. The molecule has 0 amide bonds. The minimum atomic E-state index is 1.01. The minimum Gasteiger partial charge on any atom is -0.309 e. The van der Waals surface area contributed by atoms with Crippen LogP contribution in [0.2, 0.25) is 0 Å². The van der Waals surface area contributed by atoms with Gasteiger partial charge >= 0.3 is 0 Å². The summed E-state index contributed by atoms with van der Waals surface area (Å²) in [5.41, 5.74) is 12.9. The Balaban J connectivity index is 1.28. The van der Waals surface area contributed by atoms with Crippen molar-refractivity contribution in [2.45, 2.75) is 0 Å². The maximum absolute atomic E-state index is 5.37. The first-order chi connectivity index (χ1) is 23.8. The molecule has 0 aliphatic rings. The third-order valence-corrected chi connectivity index (χ3v) is 10.2. The van der Waals surface area contributed by atoms with Gasteiger partial charge in [-0.1, -0.05) is 109 Å². The Labute approximate surface area is 275 Å². The summed E-state index contributed by atoms with van der Waals surface area (Å²) in [7, 11) is 0. The van der Waals surface area contributed by atoms with Crippen molar-refractivity contribution >= 4 is 70.9 Å². The van der Waals surface area contributed by atoms with E-state index < -0.39 is 0 Å². The van der Waals surface area contributed by atoms with Gasteiger partial charge in [0.1, 0.15) is 5.65 Å². The van der Waals surface area contributed by atoms with E-state index in [4.69, 9.17) is 4.98 Å². The number of para-hydroxylation sites is 4. The quantitative estimate of drug-likeness (QED) is 0.195. The van der Waals surface area contributed by atoms with E-state index in [9.17, 15) is 0 Å². The summed E-state index contributed by atoms with van der Waals surface area (Å²) in [4.78, 5) is 5.37. The van der Waals surface area contributed by atoms with Crippen LogP contribution in [0, 0.1) is 0 Å². The van der Waals surface area contributed by atoms with Crippen LogP contribution in [0.3, 0.4) is 0 Å². The number of rotatable bonds is 3. The fraction of sp³-hybridized carbons (Fsp3) is 0. The van der Waals surface area contributed by atoms with Crippen molar-refractivity contribution in [1.29, 1.82) is 0 Å². The number of hydrogen-bond acceptors (Lipinski definition) is 1. The highest BCUT2D eigenvalue weighted by atomic mass is 15.0. The van der Waals surface area contributed by atoms with Crippen LogP contribution in [0.5, 0.6) is 0 Å². The molecule has 0 N–H and O–H groups in total. The second kappa shape index (κ2) is 9.54. The highest BCUT2D eigenvalue weighted by Crippen LogP contribution is 2.46.